The fourth-order valence-corrected chi connectivity index (χ4v) is 1.84. The van der Waals surface area contributed by atoms with Gasteiger partial charge < -0.3 is 16.0 Å². The first-order chi connectivity index (χ1) is 8.63. The van der Waals surface area contributed by atoms with Crippen molar-refractivity contribution in [3.8, 4) is 0 Å². The monoisotopic (exact) mass is 253 g/mol. The van der Waals surface area contributed by atoms with Crippen molar-refractivity contribution in [3.05, 3.63) is 11.9 Å². The molecule has 1 amide bonds. The molecule has 0 radical (unpaired) electrons. The Morgan fingerprint density at radius 1 is 1.44 bits per heavy atom. The van der Waals surface area contributed by atoms with Crippen molar-refractivity contribution in [1.29, 1.82) is 0 Å². The smallest absolute Gasteiger partial charge is 0.271 e. The summed E-state index contributed by atoms with van der Waals surface area (Å²) >= 11 is 0. The standard InChI is InChI=1S/C12H23N5O/c1-4-16(5-2)8-7-14-12(18)11-10(13)9-15-17(11)6-3/h9H,4-8,13H2,1-3H3,(H,14,18). The number of nitrogens with two attached hydrogens (primary N) is 1. The number of rotatable bonds is 7. The van der Waals surface area contributed by atoms with Crippen LogP contribution in [-0.4, -0.2) is 46.8 Å². The SMILES string of the molecule is CCN(CC)CCNC(=O)c1c(N)cnn1CC. The number of aromatic nitrogens is 2. The van der Waals surface area contributed by atoms with E-state index in [0.717, 1.165) is 19.6 Å². The predicted molar refractivity (Wildman–Crippen MR) is 72.4 cm³/mol. The highest BCUT2D eigenvalue weighted by molar-refractivity contribution is 5.97. The summed E-state index contributed by atoms with van der Waals surface area (Å²) in [6.45, 7) is 10.2. The van der Waals surface area contributed by atoms with Crippen molar-refractivity contribution in [2.45, 2.75) is 27.3 Å². The zero-order chi connectivity index (χ0) is 13.5. The van der Waals surface area contributed by atoms with Crippen molar-refractivity contribution < 1.29 is 4.79 Å². The number of carbonyl (C=O) groups is 1. The molecule has 1 aromatic heterocycles. The van der Waals surface area contributed by atoms with Gasteiger partial charge in [-0.1, -0.05) is 13.8 Å². The second-order valence-electron chi connectivity index (χ2n) is 4.05. The lowest BCUT2D eigenvalue weighted by Gasteiger charge is -2.18. The third kappa shape index (κ3) is 3.46. The molecule has 3 N–H and O–H groups in total. The molecule has 0 aliphatic rings. The van der Waals surface area contributed by atoms with Gasteiger partial charge in [-0.2, -0.15) is 5.10 Å². The summed E-state index contributed by atoms with van der Waals surface area (Å²) in [7, 11) is 0. The van der Waals surface area contributed by atoms with E-state index < -0.39 is 0 Å². The number of nitrogens with one attached hydrogen (secondary N) is 1. The highest BCUT2D eigenvalue weighted by Crippen LogP contribution is 2.09. The van der Waals surface area contributed by atoms with E-state index in [1.807, 2.05) is 6.92 Å². The van der Waals surface area contributed by atoms with Crippen LogP contribution >= 0.6 is 0 Å². The molecule has 1 aromatic rings. The van der Waals surface area contributed by atoms with Crippen LogP contribution in [0.25, 0.3) is 0 Å². The summed E-state index contributed by atoms with van der Waals surface area (Å²) in [6, 6.07) is 0. The second-order valence-corrected chi connectivity index (χ2v) is 4.05. The first kappa shape index (κ1) is 14.5. The van der Waals surface area contributed by atoms with Gasteiger partial charge in [0, 0.05) is 19.6 Å². The Balaban J connectivity index is 2.52. The highest BCUT2D eigenvalue weighted by atomic mass is 16.2. The molecule has 1 rings (SSSR count). The van der Waals surface area contributed by atoms with Crippen molar-refractivity contribution in [3.63, 3.8) is 0 Å². The molecule has 0 atom stereocenters. The maximum atomic E-state index is 12.0. The van der Waals surface area contributed by atoms with Crippen molar-refractivity contribution >= 4 is 11.6 Å². The summed E-state index contributed by atoms with van der Waals surface area (Å²) in [5.41, 5.74) is 6.63. The third-order valence-corrected chi connectivity index (χ3v) is 2.99. The van der Waals surface area contributed by atoms with Crippen molar-refractivity contribution in [2.75, 3.05) is 31.9 Å². The molecule has 6 heteroatoms. The van der Waals surface area contributed by atoms with E-state index in [-0.39, 0.29) is 5.91 Å². The Morgan fingerprint density at radius 2 is 2.11 bits per heavy atom. The van der Waals surface area contributed by atoms with E-state index in [1.165, 1.54) is 6.20 Å². The minimum atomic E-state index is -0.154. The van der Waals surface area contributed by atoms with Crippen LogP contribution in [0.4, 0.5) is 5.69 Å². The van der Waals surface area contributed by atoms with Gasteiger partial charge in [-0.15, -0.1) is 0 Å². The van der Waals surface area contributed by atoms with Gasteiger partial charge in [0.1, 0.15) is 5.69 Å². The molecule has 0 fully saturated rings. The number of aryl methyl sites for hydroxylation is 1. The Hall–Kier alpha value is -1.56. The summed E-state index contributed by atoms with van der Waals surface area (Å²) in [5, 5.41) is 6.93. The van der Waals surface area contributed by atoms with E-state index in [9.17, 15) is 4.79 Å². The summed E-state index contributed by atoms with van der Waals surface area (Å²) in [5.74, 6) is -0.154. The molecule has 6 nitrogen and oxygen atoms in total. The van der Waals surface area contributed by atoms with Crippen LogP contribution in [0, 0.1) is 0 Å². The number of amides is 1. The zero-order valence-electron chi connectivity index (χ0n) is 11.4. The third-order valence-electron chi connectivity index (χ3n) is 2.99. The van der Waals surface area contributed by atoms with Crippen LogP contribution in [0.5, 0.6) is 0 Å². The summed E-state index contributed by atoms with van der Waals surface area (Å²) in [6.07, 6.45) is 1.52. The summed E-state index contributed by atoms with van der Waals surface area (Å²) < 4.78 is 1.61. The molecule has 0 aliphatic carbocycles. The van der Waals surface area contributed by atoms with E-state index in [1.54, 1.807) is 4.68 Å². The molecule has 0 aromatic carbocycles. The number of hydrogen-bond acceptors (Lipinski definition) is 4. The van der Waals surface area contributed by atoms with Gasteiger partial charge in [0.15, 0.2) is 0 Å². The van der Waals surface area contributed by atoms with Crippen LogP contribution in [0.15, 0.2) is 6.20 Å². The minimum Gasteiger partial charge on any atom is -0.396 e. The van der Waals surface area contributed by atoms with Crippen LogP contribution in [0.2, 0.25) is 0 Å². The zero-order valence-corrected chi connectivity index (χ0v) is 11.4. The molecular weight excluding hydrogens is 230 g/mol. The average Bonchev–Trinajstić information content (AvgIpc) is 2.75. The molecule has 0 saturated carbocycles. The first-order valence-corrected chi connectivity index (χ1v) is 6.45. The van der Waals surface area contributed by atoms with Gasteiger partial charge in [-0.05, 0) is 20.0 Å². The molecule has 0 bridgehead atoms. The quantitative estimate of drug-likeness (QED) is 0.744. The first-order valence-electron chi connectivity index (χ1n) is 6.45. The lowest BCUT2D eigenvalue weighted by molar-refractivity contribution is 0.0939. The maximum Gasteiger partial charge on any atom is 0.271 e. The fourth-order valence-electron chi connectivity index (χ4n) is 1.84. The number of likely N-dealkylation sites (N-methyl/N-ethyl adjacent to an activating group) is 1. The predicted octanol–water partition coefficient (Wildman–Crippen LogP) is 0.557. The maximum absolute atomic E-state index is 12.0. The normalized spacial score (nSPS) is 10.9. The van der Waals surface area contributed by atoms with Crippen LogP contribution in [0.3, 0.4) is 0 Å². The molecule has 0 unspecified atom stereocenters. The molecule has 102 valence electrons. The molecular formula is C12H23N5O. The number of anilines is 1. The fraction of sp³-hybridized carbons (Fsp3) is 0.667. The van der Waals surface area contributed by atoms with E-state index in [0.29, 0.717) is 24.5 Å². The Labute approximate surface area is 108 Å². The van der Waals surface area contributed by atoms with Gasteiger partial charge >= 0.3 is 0 Å². The van der Waals surface area contributed by atoms with E-state index in [4.69, 9.17) is 5.73 Å². The van der Waals surface area contributed by atoms with Crippen LogP contribution in [0.1, 0.15) is 31.3 Å². The molecule has 18 heavy (non-hydrogen) atoms. The van der Waals surface area contributed by atoms with Crippen molar-refractivity contribution in [1.82, 2.24) is 20.0 Å². The van der Waals surface area contributed by atoms with Gasteiger partial charge in [-0.3, -0.25) is 9.48 Å². The Morgan fingerprint density at radius 3 is 2.67 bits per heavy atom. The molecule has 1 heterocycles. The minimum absolute atomic E-state index is 0.154. The van der Waals surface area contributed by atoms with Gasteiger partial charge in [-0.25, -0.2) is 0 Å². The van der Waals surface area contributed by atoms with E-state index in [2.05, 4.69) is 29.2 Å². The summed E-state index contributed by atoms with van der Waals surface area (Å²) in [4.78, 5) is 14.2. The number of nitrogens with zero attached hydrogens (tertiary/aromatic N) is 3. The Kier molecular flexibility index (Phi) is 5.64. The topological polar surface area (TPSA) is 76.2 Å². The van der Waals surface area contributed by atoms with Gasteiger partial charge in [0.2, 0.25) is 0 Å². The Bertz CT molecular complexity index is 384. The number of carbonyl (C=O) groups excluding carboxylic acids is 1. The highest BCUT2D eigenvalue weighted by Gasteiger charge is 2.15. The molecule has 0 spiro atoms. The van der Waals surface area contributed by atoms with Crippen LogP contribution < -0.4 is 11.1 Å². The van der Waals surface area contributed by atoms with Crippen LogP contribution in [-0.2, 0) is 6.54 Å². The lowest BCUT2D eigenvalue weighted by Crippen LogP contribution is -2.35. The van der Waals surface area contributed by atoms with Gasteiger partial charge in [0.05, 0.1) is 11.9 Å². The van der Waals surface area contributed by atoms with E-state index >= 15 is 0 Å². The van der Waals surface area contributed by atoms with Crippen molar-refractivity contribution in [2.24, 2.45) is 0 Å². The second kappa shape index (κ2) is 7.00. The molecule has 0 saturated heterocycles. The number of nitrogen functional groups attached to an aromatic ring is 1. The largest absolute Gasteiger partial charge is 0.396 e. The number of hydrogen-bond donors (Lipinski definition) is 2. The molecule has 0 aliphatic heterocycles. The lowest BCUT2D eigenvalue weighted by atomic mass is 10.3. The van der Waals surface area contributed by atoms with Gasteiger partial charge in [0.25, 0.3) is 5.91 Å². The average molecular weight is 253 g/mol.